The van der Waals surface area contributed by atoms with E-state index in [0.29, 0.717) is 37.6 Å². The van der Waals surface area contributed by atoms with E-state index in [1.54, 1.807) is 13.8 Å². The molecule has 142 valence electrons. The summed E-state index contributed by atoms with van der Waals surface area (Å²) >= 11 is 0. The van der Waals surface area contributed by atoms with Crippen molar-refractivity contribution in [3.63, 3.8) is 0 Å². The monoisotopic (exact) mass is 356 g/mol. The first-order valence-electron chi connectivity index (χ1n) is 7.54. The minimum Gasteiger partial charge on any atom is -0.499 e. The van der Waals surface area contributed by atoms with Crippen LogP contribution in [0.5, 0.6) is 0 Å². The SMILES string of the molecule is C=C(C)C(=O)OCCOC(=O)C(=C)C.C=COCCOCCOC=C. The van der Waals surface area contributed by atoms with Gasteiger partial charge in [0.2, 0.25) is 0 Å². The Kier molecular flexibility index (Phi) is 17.6. The molecule has 0 aromatic carbocycles. The molecule has 0 spiro atoms. The highest BCUT2D eigenvalue weighted by atomic mass is 16.6. The molecule has 0 fully saturated rings. The molecule has 0 atom stereocenters. The Hall–Kier alpha value is -2.54. The first-order valence-corrected chi connectivity index (χ1v) is 7.54. The summed E-state index contributed by atoms with van der Waals surface area (Å²) in [5, 5.41) is 0. The number of ether oxygens (including phenoxy) is 5. The lowest BCUT2D eigenvalue weighted by Gasteiger charge is -2.05. The standard InChI is InChI=1S/C10H14O4.C8H14O3/c1-7(2)9(11)13-5-6-14-10(12)8(3)4;1-3-9-5-7-11-8-6-10-4-2/h1,3,5-6H2,2,4H3;3-4H,1-2,5-8H2. The molecule has 0 saturated carbocycles. The Bertz CT molecular complexity index is 401. The highest BCUT2D eigenvalue weighted by Gasteiger charge is 2.05. The maximum Gasteiger partial charge on any atom is 0.333 e. The van der Waals surface area contributed by atoms with Crippen LogP contribution in [0.3, 0.4) is 0 Å². The van der Waals surface area contributed by atoms with Gasteiger partial charge < -0.3 is 23.7 Å². The lowest BCUT2D eigenvalue weighted by molar-refractivity contribution is -0.147. The zero-order valence-electron chi connectivity index (χ0n) is 15.1. The van der Waals surface area contributed by atoms with E-state index < -0.39 is 11.9 Å². The lowest BCUT2D eigenvalue weighted by Crippen LogP contribution is -2.14. The summed E-state index contributed by atoms with van der Waals surface area (Å²) < 4.78 is 24.1. The first-order chi connectivity index (χ1) is 11.9. The first kappa shape index (κ1) is 24.7. The Morgan fingerprint density at radius 1 is 0.720 bits per heavy atom. The normalized spacial score (nSPS) is 8.88. The quantitative estimate of drug-likeness (QED) is 0.217. The second kappa shape index (κ2) is 17.8. The summed E-state index contributed by atoms with van der Waals surface area (Å²) in [5.74, 6) is -0.979. The number of carbonyl (C=O) groups excluding carboxylic acids is 2. The Morgan fingerprint density at radius 2 is 1.08 bits per heavy atom. The number of esters is 2. The minimum atomic E-state index is -0.489. The average Bonchev–Trinajstić information content (AvgIpc) is 2.58. The molecule has 7 nitrogen and oxygen atoms in total. The second-order valence-corrected chi connectivity index (χ2v) is 4.52. The van der Waals surface area contributed by atoms with Crippen LogP contribution in [0.2, 0.25) is 0 Å². The summed E-state index contributed by atoms with van der Waals surface area (Å²) in [6, 6.07) is 0. The molecule has 0 rings (SSSR count). The van der Waals surface area contributed by atoms with Gasteiger partial charge in [-0.25, -0.2) is 9.59 Å². The van der Waals surface area contributed by atoms with Gasteiger partial charge in [-0.1, -0.05) is 26.3 Å². The molecular weight excluding hydrogens is 328 g/mol. The van der Waals surface area contributed by atoms with E-state index in [-0.39, 0.29) is 13.2 Å². The Balaban J connectivity index is 0. The molecule has 0 aromatic heterocycles. The molecule has 0 radical (unpaired) electrons. The van der Waals surface area contributed by atoms with Gasteiger partial charge in [0.1, 0.15) is 26.4 Å². The average molecular weight is 356 g/mol. The van der Waals surface area contributed by atoms with Crippen LogP contribution in [0.15, 0.2) is 50.0 Å². The summed E-state index contributed by atoms with van der Waals surface area (Å²) in [6.45, 7) is 18.9. The fourth-order valence-corrected chi connectivity index (χ4v) is 0.998. The van der Waals surface area contributed by atoms with E-state index in [1.165, 1.54) is 12.5 Å². The van der Waals surface area contributed by atoms with Crippen LogP contribution < -0.4 is 0 Å². The fraction of sp³-hybridized carbons (Fsp3) is 0.444. The summed E-state index contributed by atoms with van der Waals surface area (Å²) in [7, 11) is 0. The van der Waals surface area contributed by atoms with E-state index in [1.807, 2.05) is 0 Å². The lowest BCUT2D eigenvalue weighted by atomic mass is 10.4. The highest BCUT2D eigenvalue weighted by Crippen LogP contribution is 1.94. The van der Waals surface area contributed by atoms with Crippen LogP contribution in [0, 0.1) is 0 Å². The summed E-state index contributed by atoms with van der Waals surface area (Å²) in [5.41, 5.74) is 0.632. The van der Waals surface area contributed by atoms with Crippen LogP contribution in [0.1, 0.15) is 13.8 Å². The van der Waals surface area contributed by atoms with Crippen LogP contribution in [0.25, 0.3) is 0 Å². The van der Waals surface area contributed by atoms with Crippen molar-refractivity contribution in [1.29, 1.82) is 0 Å². The van der Waals surface area contributed by atoms with Crippen molar-refractivity contribution in [2.75, 3.05) is 39.6 Å². The molecular formula is C18H28O7. The maximum absolute atomic E-state index is 10.8. The highest BCUT2D eigenvalue weighted by molar-refractivity contribution is 5.87. The Morgan fingerprint density at radius 3 is 1.36 bits per heavy atom. The molecule has 25 heavy (non-hydrogen) atoms. The summed E-state index contributed by atoms with van der Waals surface area (Å²) in [6.07, 6.45) is 2.78. The van der Waals surface area contributed by atoms with E-state index in [2.05, 4.69) is 35.8 Å². The number of rotatable bonds is 13. The number of hydrogen-bond acceptors (Lipinski definition) is 7. The maximum atomic E-state index is 10.8. The fourth-order valence-electron chi connectivity index (χ4n) is 0.998. The Labute approximate surface area is 149 Å². The van der Waals surface area contributed by atoms with E-state index in [9.17, 15) is 9.59 Å². The van der Waals surface area contributed by atoms with Crippen molar-refractivity contribution in [3.8, 4) is 0 Å². The molecule has 7 heteroatoms. The van der Waals surface area contributed by atoms with Crippen LogP contribution >= 0.6 is 0 Å². The third-order valence-corrected chi connectivity index (χ3v) is 2.17. The van der Waals surface area contributed by atoms with Crippen LogP contribution in [0.4, 0.5) is 0 Å². The molecule has 0 saturated heterocycles. The zero-order valence-corrected chi connectivity index (χ0v) is 15.1. The van der Waals surface area contributed by atoms with Crippen molar-refractivity contribution in [2.24, 2.45) is 0 Å². The van der Waals surface area contributed by atoms with Gasteiger partial charge in [-0.2, -0.15) is 0 Å². The van der Waals surface area contributed by atoms with Crippen molar-refractivity contribution >= 4 is 11.9 Å². The smallest absolute Gasteiger partial charge is 0.333 e. The van der Waals surface area contributed by atoms with Gasteiger partial charge in [0.05, 0.1) is 25.7 Å². The molecule has 0 aliphatic rings. The van der Waals surface area contributed by atoms with Crippen LogP contribution in [-0.2, 0) is 33.3 Å². The van der Waals surface area contributed by atoms with E-state index >= 15 is 0 Å². The van der Waals surface area contributed by atoms with Crippen molar-refractivity contribution in [3.05, 3.63) is 50.0 Å². The third kappa shape index (κ3) is 19.4. The van der Waals surface area contributed by atoms with Gasteiger partial charge in [0, 0.05) is 11.1 Å². The molecule has 0 aliphatic carbocycles. The van der Waals surface area contributed by atoms with Gasteiger partial charge in [-0.05, 0) is 13.8 Å². The largest absolute Gasteiger partial charge is 0.499 e. The molecule has 0 N–H and O–H groups in total. The minimum absolute atomic E-state index is 0.0325. The van der Waals surface area contributed by atoms with Crippen LogP contribution in [-0.4, -0.2) is 51.6 Å². The van der Waals surface area contributed by atoms with E-state index in [4.69, 9.17) is 14.2 Å². The molecule has 0 heterocycles. The molecule has 0 amide bonds. The summed E-state index contributed by atoms with van der Waals surface area (Å²) in [4.78, 5) is 21.7. The predicted octanol–water partition coefficient (Wildman–Crippen LogP) is 2.55. The molecule has 0 aromatic rings. The predicted molar refractivity (Wildman–Crippen MR) is 94.7 cm³/mol. The molecule has 0 bridgehead atoms. The van der Waals surface area contributed by atoms with Gasteiger partial charge >= 0.3 is 11.9 Å². The topological polar surface area (TPSA) is 80.3 Å². The molecule has 0 unspecified atom stereocenters. The van der Waals surface area contributed by atoms with E-state index in [0.717, 1.165) is 0 Å². The third-order valence-electron chi connectivity index (χ3n) is 2.17. The molecule has 0 aliphatic heterocycles. The second-order valence-electron chi connectivity index (χ2n) is 4.52. The van der Waals surface area contributed by atoms with Crippen molar-refractivity contribution < 1.29 is 33.3 Å². The number of hydrogen-bond donors (Lipinski definition) is 0. The van der Waals surface area contributed by atoms with Gasteiger partial charge in [0.25, 0.3) is 0 Å². The van der Waals surface area contributed by atoms with Gasteiger partial charge in [-0.3, -0.25) is 0 Å². The van der Waals surface area contributed by atoms with Crippen molar-refractivity contribution in [2.45, 2.75) is 13.8 Å². The zero-order chi connectivity index (χ0) is 19.5. The van der Waals surface area contributed by atoms with Crippen molar-refractivity contribution in [1.82, 2.24) is 0 Å². The number of carbonyl (C=O) groups is 2. The van der Waals surface area contributed by atoms with Gasteiger partial charge in [-0.15, -0.1) is 0 Å². The van der Waals surface area contributed by atoms with Gasteiger partial charge in [0.15, 0.2) is 0 Å².